The van der Waals surface area contributed by atoms with Crippen molar-refractivity contribution in [3.63, 3.8) is 0 Å². The molecule has 11 heteroatoms. The molecule has 0 bridgehead atoms. The first kappa shape index (κ1) is 23.7. The van der Waals surface area contributed by atoms with Crippen LogP contribution in [-0.2, 0) is 14.8 Å². The third-order valence-corrected chi connectivity index (χ3v) is 7.73. The van der Waals surface area contributed by atoms with Crippen molar-refractivity contribution in [3.05, 3.63) is 83.9 Å². The van der Waals surface area contributed by atoms with Crippen molar-refractivity contribution >= 4 is 49.7 Å². The highest BCUT2D eigenvalue weighted by atomic mass is 35.5. The molecular formula is C23H19ClN4O4S2. The molecular weight excluding hydrogens is 496 g/mol. The number of methoxy groups -OCH3 is 1. The van der Waals surface area contributed by atoms with E-state index in [-0.39, 0.29) is 20.7 Å². The summed E-state index contributed by atoms with van der Waals surface area (Å²) in [7, 11) is -2.48. The number of amides is 1. The molecule has 0 aliphatic carbocycles. The van der Waals surface area contributed by atoms with Crippen LogP contribution in [0.2, 0.25) is 5.02 Å². The lowest BCUT2D eigenvalue weighted by Crippen LogP contribution is -2.38. The first-order valence-corrected chi connectivity index (χ1v) is 12.6. The number of nitrogens with one attached hydrogen (secondary N) is 1. The smallest absolute Gasteiger partial charge is 0.264 e. The van der Waals surface area contributed by atoms with Crippen LogP contribution in [0.15, 0.2) is 83.8 Å². The molecule has 0 saturated carbocycles. The van der Waals surface area contributed by atoms with Crippen LogP contribution in [0.1, 0.15) is 0 Å². The Kier molecular flexibility index (Phi) is 7.11. The van der Waals surface area contributed by atoms with E-state index >= 15 is 0 Å². The van der Waals surface area contributed by atoms with E-state index in [4.69, 9.17) is 16.3 Å². The summed E-state index contributed by atoms with van der Waals surface area (Å²) < 4.78 is 32.9. The zero-order chi connectivity index (χ0) is 24.1. The van der Waals surface area contributed by atoms with Gasteiger partial charge in [-0.3, -0.25) is 14.4 Å². The molecule has 1 aromatic heterocycles. The molecule has 4 rings (SSSR count). The van der Waals surface area contributed by atoms with Crippen LogP contribution in [0.4, 0.5) is 10.8 Å². The molecule has 0 saturated heterocycles. The van der Waals surface area contributed by atoms with Crippen molar-refractivity contribution in [2.24, 2.45) is 0 Å². The molecule has 0 aliphatic rings. The molecule has 0 aliphatic heterocycles. The van der Waals surface area contributed by atoms with Crippen LogP contribution < -0.4 is 14.4 Å². The summed E-state index contributed by atoms with van der Waals surface area (Å²) in [6.07, 6.45) is 0. The second-order valence-electron chi connectivity index (χ2n) is 6.97. The van der Waals surface area contributed by atoms with Gasteiger partial charge in [0.25, 0.3) is 10.0 Å². The molecule has 8 nitrogen and oxygen atoms in total. The summed E-state index contributed by atoms with van der Waals surface area (Å²) in [6, 6.07) is 21.5. The number of hydrogen-bond donors (Lipinski definition) is 1. The van der Waals surface area contributed by atoms with Crippen molar-refractivity contribution in [2.45, 2.75) is 4.90 Å². The lowest BCUT2D eigenvalue weighted by atomic mass is 10.2. The number of benzene rings is 3. The van der Waals surface area contributed by atoms with E-state index in [9.17, 15) is 13.2 Å². The average molecular weight is 515 g/mol. The topological polar surface area (TPSA) is 101 Å². The molecule has 1 N–H and O–H groups in total. The van der Waals surface area contributed by atoms with Gasteiger partial charge in [-0.05, 0) is 48.5 Å². The van der Waals surface area contributed by atoms with Gasteiger partial charge in [-0.25, -0.2) is 8.42 Å². The van der Waals surface area contributed by atoms with Gasteiger partial charge in [-0.15, -0.1) is 10.2 Å². The van der Waals surface area contributed by atoms with Gasteiger partial charge in [0.2, 0.25) is 11.0 Å². The summed E-state index contributed by atoms with van der Waals surface area (Å²) in [5.74, 6) is 0.123. The van der Waals surface area contributed by atoms with Crippen molar-refractivity contribution in [1.29, 1.82) is 0 Å². The van der Waals surface area contributed by atoms with Crippen LogP contribution in [0.25, 0.3) is 10.6 Å². The molecule has 0 spiro atoms. The van der Waals surface area contributed by atoms with Gasteiger partial charge in [0, 0.05) is 5.56 Å². The Balaban J connectivity index is 1.57. The summed E-state index contributed by atoms with van der Waals surface area (Å²) >= 11 is 7.45. The van der Waals surface area contributed by atoms with Gasteiger partial charge in [0.15, 0.2) is 0 Å². The number of carbonyl (C=O) groups excluding carboxylic acids is 1. The van der Waals surface area contributed by atoms with Gasteiger partial charge in [0.1, 0.15) is 17.3 Å². The Morgan fingerprint density at radius 1 is 1.00 bits per heavy atom. The summed E-state index contributed by atoms with van der Waals surface area (Å²) in [5.41, 5.74) is 1.00. The number of nitrogens with zero attached hydrogens (tertiary/aromatic N) is 3. The van der Waals surface area contributed by atoms with Crippen LogP contribution in [0, 0.1) is 0 Å². The van der Waals surface area contributed by atoms with E-state index in [1.54, 1.807) is 61.7 Å². The number of rotatable bonds is 8. The minimum atomic E-state index is -4.06. The zero-order valence-electron chi connectivity index (χ0n) is 17.9. The first-order valence-electron chi connectivity index (χ1n) is 9.98. The minimum absolute atomic E-state index is 0.0421. The number of carbonyl (C=O) groups is 1. The molecule has 0 unspecified atom stereocenters. The molecule has 0 atom stereocenters. The largest absolute Gasteiger partial charge is 0.497 e. The number of aromatic nitrogens is 2. The Hall–Kier alpha value is -3.47. The van der Waals surface area contributed by atoms with E-state index in [2.05, 4.69) is 15.5 Å². The fourth-order valence-electron chi connectivity index (χ4n) is 3.09. The maximum atomic E-state index is 13.4. The van der Waals surface area contributed by atoms with Crippen LogP contribution in [-0.4, -0.2) is 38.2 Å². The molecule has 1 heterocycles. The monoisotopic (exact) mass is 514 g/mol. The number of halogens is 1. The standard InChI is InChI=1S/C23H19ClN4O4S2/c1-32-17-13-11-16(12-14-17)22-26-27-23(33-22)25-21(29)15-28(20-10-6-5-9-19(20)24)34(30,31)18-7-3-2-4-8-18/h2-14H,15H2,1H3,(H,25,27,29). The lowest BCUT2D eigenvalue weighted by molar-refractivity contribution is -0.114. The Bertz CT molecular complexity index is 1390. The lowest BCUT2D eigenvalue weighted by Gasteiger charge is -2.24. The van der Waals surface area contributed by atoms with E-state index < -0.39 is 22.5 Å². The maximum Gasteiger partial charge on any atom is 0.264 e. The first-order chi connectivity index (χ1) is 16.4. The molecule has 3 aromatic carbocycles. The normalized spacial score (nSPS) is 11.1. The minimum Gasteiger partial charge on any atom is -0.497 e. The quantitative estimate of drug-likeness (QED) is 0.365. The third kappa shape index (κ3) is 5.19. The summed E-state index contributed by atoms with van der Waals surface area (Å²) in [6.45, 7) is -0.502. The number of ether oxygens (including phenoxy) is 1. The highest BCUT2D eigenvalue weighted by Crippen LogP contribution is 2.31. The fourth-order valence-corrected chi connectivity index (χ4v) is 5.60. The van der Waals surface area contributed by atoms with Crippen molar-refractivity contribution in [1.82, 2.24) is 10.2 Å². The van der Waals surface area contributed by atoms with Crippen LogP contribution in [0.5, 0.6) is 5.75 Å². The highest BCUT2D eigenvalue weighted by molar-refractivity contribution is 7.92. The van der Waals surface area contributed by atoms with Crippen molar-refractivity contribution < 1.29 is 17.9 Å². The number of hydrogen-bond acceptors (Lipinski definition) is 7. The van der Waals surface area contributed by atoms with Gasteiger partial charge in [0.05, 0.1) is 22.7 Å². The van der Waals surface area contributed by atoms with Crippen molar-refractivity contribution in [3.8, 4) is 16.3 Å². The van der Waals surface area contributed by atoms with E-state index in [1.165, 1.54) is 23.5 Å². The van der Waals surface area contributed by atoms with Crippen molar-refractivity contribution in [2.75, 3.05) is 23.3 Å². The van der Waals surface area contributed by atoms with E-state index in [1.807, 2.05) is 12.1 Å². The van der Waals surface area contributed by atoms with Gasteiger partial charge in [-0.1, -0.05) is 53.3 Å². The van der Waals surface area contributed by atoms with Crippen LogP contribution in [0.3, 0.4) is 0 Å². The van der Waals surface area contributed by atoms with Gasteiger partial charge >= 0.3 is 0 Å². The second-order valence-corrected chi connectivity index (χ2v) is 10.2. The Morgan fingerprint density at radius 2 is 1.68 bits per heavy atom. The molecule has 0 fully saturated rings. The van der Waals surface area contributed by atoms with E-state index in [0.29, 0.717) is 10.8 Å². The number of para-hydroxylation sites is 1. The fraction of sp³-hybridized carbons (Fsp3) is 0.0870. The highest BCUT2D eigenvalue weighted by Gasteiger charge is 2.28. The molecule has 1 amide bonds. The number of sulfonamides is 1. The molecule has 4 aromatic rings. The SMILES string of the molecule is COc1ccc(-c2nnc(NC(=O)CN(c3ccccc3Cl)S(=O)(=O)c3ccccc3)s2)cc1. The predicted molar refractivity (Wildman–Crippen MR) is 133 cm³/mol. The molecule has 0 radical (unpaired) electrons. The van der Waals surface area contributed by atoms with Gasteiger partial charge in [-0.2, -0.15) is 0 Å². The average Bonchev–Trinajstić information content (AvgIpc) is 3.32. The number of anilines is 2. The Labute approximate surface area is 205 Å². The second kappa shape index (κ2) is 10.2. The zero-order valence-corrected chi connectivity index (χ0v) is 20.3. The Morgan fingerprint density at radius 3 is 2.35 bits per heavy atom. The van der Waals surface area contributed by atoms with Gasteiger partial charge < -0.3 is 4.74 Å². The van der Waals surface area contributed by atoms with E-state index in [0.717, 1.165) is 9.87 Å². The molecule has 174 valence electrons. The molecule has 34 heavy (non-hydrogen) atoms. The summed E-state index contributed by atoms with van der Waals surface area (Å²) in [5, 5.41) is 11.8. The maximum absolute atomic E-state index is 13.4. The predicted octanol–water partition coefficient (Wildman–Crippen LogP) is 4.70. The van der Waals surface area contributed by atoms with Crippen LogP contribution >= 0.6 is 22.9 Å². The summed E-state index contributed by atoms with van der Waals surface area (Å²) in [4.78, 5) is 12.9. The third-order valence-electron chi connectivity index (χ3n) is 4.75.